The first-order valence-corrected chi connectivity index (χ1v) is 10.5. The van der Waals surface area contributed by atoms with Crippen molar-refractivity contribution in [3.63, 3.8) is 0 Å². The monoisotopic (exact) mass is 415 g/mol. The summed E-state index contributed by atoms with van der Waals surface area (Å²) >= 11 is 1.42. The van der Waals surface area contributed by atoms with Crippen LogP contribution in [0.15, 0.2) is 53.0 Å². The van der Waals surface area contributed by atoms with E-state index in [4.69, 9.17) is 4.42 Å². The van der Waals surface area contributed by atoms with Crippen LogP contribution in [-0.4, -0.2) is 41.8 Å². The molecule has 0 radical (unpaired) electrons. The molecule has 0 aliphatic heterocycles. The molecule has 1 fully saturated rings. The summed E-state index contributed by atoms with van der Waals surface area (Å²) in [5, 5.41) is 7.51. The lowest BCUT2D eigenvalue weighted by atomic mass is 10.1. The summed E-state index contributed by atoms with van der Waals surface area (Å²) < 4.78 is 5.04. The average Bonchev–Trinajstić information content (AvgIpc) is 3.48. The Hall–Kier alpha value is -2.87. The van der Waals surface area contributed by atoms with E-state index in [0.717, 1.165) is 30.6 Å². The quantitative estimate of drug-likeness (QED) is 0.616. The van der Waals surface area contributed by atoms with Gasteiger partial charge in [0, 0.05) is 17.5 Å². The molecule has 3 amide bonds. The standard InChI is InChI=1S/C21H25N3O4S/c1-2-11-24(18(25)14-22-20(26)16-9-5-12-28-16)19(17-10-6-13-29-17)21(27)23-15-7-3-4-8-15/h2,5-6,9-10,12-13,15,19H,1,3-4,7-8,11,14H2,(H,22,26)(H,23,27)/t19-/m1/s1. The van der Waals surface area contributed by atoms with Crippen molar-refractivity contribution in [2.24, 2.45) is 0 Å². The molecular weight excluding hydrogens is 390 g/mol. The maximum Gasteiger partial charge on any atom is 0.287 e. The number of thiophene rings is 1. The van der Waals surface area contributed by atoms with Gasteiger partial charge in [-0.25, -0.2) is 0 Å². The molecule has 0 unspecified atom stereocenters. The lowest BCUT2D eigenvalue weighted by Gasteiger charge is -2.30. The number of amides is 3. The average molecular weight is 416 g/mol. The lowest BCUT2D eigenvalue weighted by Crippen LogP contribution is -2.48. The van der Waals surface area contributed by atoms with Crippen molar-refractivity contribution in [3.05, 3.63) is 59.2 Å². The minimum Gasteiger partial charge on any atom is -0.459 e. The fourth-order valence-corrected chi connectivity index (χ4v) is 4.30. The molecule has 1 aliphatic carbocycles. The second-order valence-corrected chi connectivity index (χ2v) is 7.88. The van der Waals surface area contributed by atoms with Gasteiger partial charge in [-0.2, -0.15) is 0 Å². The van der Waals surface area contributed by atoms with Gasteiger partial charge in [-0.05, 0) is 36.4 Å². The van der Waals surface area contributed by atoms with Crippen LogP contribution in [0.1, 0.15) is 47.2 Å². The zero-order valence-corrected chi connectivity index (χ0v) is 17.0. The summed E-state index contributed by atoms with van der Waals surface area (Å²) in [4.78, 5) is 40.4. The van der Waals surface area contributed by atoms with Gasteiger partial charge in [-0.3, -0.25) is 14.4 Å². The summed E-state index contributed by atoms with van der Waals surface area (Å²) in [6, 6.07) is 6.19. The Labute approximate surface area is 173 Å². The highest BCUT2D eigenvalue weighted by Crippen LogP contribution is 2.27. The number of nitrogens with zero attached hydrogens (tertiary/aromatic N) is 1. The van der Waals surface area contributed by atoms with Gasteiger partial charge in [0.15, 0.2) is 5.76 Å². The van der Waals surface area contributed by atoms with Crippen LogP contribution in [0.3, 0.4) is 0 Å². The summed E-state index contributed by atoms with van der Waals surface area (Å²) in [6.45, 7) is 3.67. The van der Waals surface area contributed by atoms with Crippen LogP contribution in [0.25, 0.3) is 0 Å². The summed E-state index contributed by atoms with van der Waals surface area (Å²) in [7, 11) is 0. The first kappa shape index (κ1) is 20.9. The van der Waals surface area contributed by atoms with E-state index in [1.165, 1.54) is 28.6 Å². The molecule has 0 spiro atoms. The molecule has 7 nitrogen and oxygen atoms in total. The van der Waals surface area contributed by atoms with Gasteiger partial charge in [-0.1, -0.05) is 25.0 Å². The Morgan fingerprint density at radius 1 is 1.28 bits per heavy atom. The van der Waals surface area contributed by atoms with Crippen molar-refractivity contribution in [3.8, 4) is 0 Å². The second-order valence-electron chi connectivity index (χ2n) is 6.90. The van der Waals surface area contributed by atoms with E-state index in [2.05, 4.69) is 17.2 Å². The Morgan fingerprint density at radius 2 is 2.07 bits per heavy atom. The van der Waals surface area contributed by atoms with Gasteiger partial charge in [0.25, 0.3) is 5.91 Å². The minimum absolute atomic E-state index is 0.127. The van der Waals surface area contributed by atoms with Crippen LogP contribution in [0.4, 0.5) is 0 Å². The van der Waals surface area contributed by atoms with E-state index in [0.29, 0.717) is 0 Å². The van der Waals surface area contributed by atoms with Gasteiger partial charge in [-0.15, -0.1) is 17.9 Å². The molecule has 1 atom stereocenters. The van der Waals surface area contributed by atoms with E-state index < -0.39 is 11.9 Å². The van der Waals surface area contributed by atoms with Crippen LogP contribution in [0.5, 0.6) is 0 Å². The number of nitrogens with one attached hydrogen (secondary N) is 2. The fraction of sp³-hybridized carbons (Fsp3) is 0.381. The molecule has 3 rings (SSSR count). The third-order valence-corrected chi connectivity index (χ3v) is 5.79. The molecule has 1 aliphatic rings. The van der Waals surface area contributed by atoms with E-state index in [1.54, 1.807) is 12.1 Å². The van der Waals surface area contributed by atoms with Crippen molar-refractivity contribution in [1.29, 1.82) is 0 Å². The summed E-state index contributed by atoms with van der Waals surface area (Å²) in [5.41, 5.74) is 0. The maximum absolute atomic E-state index is 13.1. The largest absolute Gasteiger partial charge is 0.459 e. The number of furan rings is 1. The predicted octanol–water partition coefficient (Wildman–Crippen LogP) is 2.89. The summed E-state index contributed by atoms with van der Waals surface area (Å²) in [5.74, 6) is -0.927. The van der Waals surface area contributed by atoms with Crippen molar-refractivity contribution in [2.45, 2.75) is 37.8 Å². The highest BCUT2D eigenvalue weighted by Gasteiger charge is 2.33. The lowest BCUT2D eigenvalue weighted by molar-refractivity contribution is -0.139. The number of hydrogen-bond acceptors (Lipinski definition) is 5. The van der Waals surface area contributed by atoms with Gasteiger partial charge < -0.3 is 20.0 Å². The number of carbonyl (C=O) groups is 3. The molecule has 0 saturated heterocycles. The fourth-order valence-electron chi connectivity index (χ4n) is 3.46. The predicted molar refractivity (Wildman–Crippen MR) is 110 cm³/mol. The molecule has 29 heavy (non-hydrogen) atoms. The van der Waals surface area contributed by atoms with Crippen LogP contribution in [-0.2, 0) is 9.59 Å². The molecule has 2 aromatic rings. The molecule has 8 heteroatoms. The van der Waals surface area contributed by atoms with Crippen molar-refractivity contribution < 1.29 is 18.8 Å². The molecular formula is C21H25N3O4S. The van der Waals surface area contributed by atoms with Gasteiger partial charge in [0.05, 0.1) is 12.8 Å². The molecule has 2 heterocycles. The minimum atomic E-state index is -0.762. The van der Waals surface area contributed by atoms with Crippen LogP contribution in [0.2, 0.25) is 0 Å². The van der Waals surface area contributed by atoms with Crippen LogP contribution in [0, 0.1) is 0 Å². The van der Waals surface area contributed by atoms with Gasteiger partial charge in [0.2, 0.25) is 11.8 Å². The van der Waals surface area contributed by atoms with E-state index in [1.807, 2.05) is 17.5 Å². The van der Waals surface area contributed by atoms with Crippen molar-refractivity contribution >= 4 is 29.1 Å². The number of carbonyl (C=O) groups excluding carboxylic acids is 3. The number of rotatable bonds is 9. The third kappa shape index (κ3) is 5.35. The smallest absolute Gasteiger partial charge is 0.287 e. The SMILES string of the molecule is C=CCN(C(=O)CNC(=O)c1ccco1)[C@@H](C(=O)NC1CCCC1)c1cccs1. The molecule has 2 N–H and O–H groups in total. The first-order valence-electron chi connectivity index (χ1n) is 9.66. The third-order valence-electron chi connectivity index (χ3n) is 4.87. The Bertz CT molecular complexity index is 826. The molecule has 2 aromatic heterocycles. The van der Waals surface area contributed by atoms with E-state index in [-0.39, 0.29) is 36.7 Å². The topological polar surface area (TPSA) is 91.7 Å². The van der Waals surface area contributed by atoms with Crippen molar-refractivity contribution in [1.82, 2.24) is 15.5 Å². The normalized spacial score (nSPS) is 14.9. The molecule has 0 bridgehead atoms. The highest BCUT2D eigenvalue weighted by molar-refractivity contribution is 7.10. The first-order chi connectivity index (χ1) is 14.1. The second kappa shape index (κ2) is 10.1. The molecule has 1 saturated carbocycles. The van der Waals surface area contributed by atoms with Gasteiger partial charge in [0.1, 0.15) is 6.04 Å². The summed E-state index contributed by atoms with van der Waals surface area (Å²) in [6.07, 6.45) is 7.08. The maximum atomic E-state index is 13.1. The zero-order valence-electron chi connectivity index (χ0n) is 16.1. The molecule has 0 aromatic carbocycles. The van der Waals surface area contributed by atoms with Gasteiger partial charge >= 0.3 is 0 Å². The number of hydrogen-bond donors (Lipinski definition) is 2. The van der Waals surface area contributed by atoms with Crippen LogP contribution < -0.4 is 10.6 Å². The van der Waals surface area contributed by atoms with Crippen molar-refractivity contribution in [2.75, 3.05) is 13.1 Å². The Balaban J connectivity index is 1.73. The Morgan fingerprint density at radius 3 is 2.69 bits per heavy atom. The van der Waals surface area contributed by atoms with E-state index >= 15 is 0 Å². The highest BCUT2D eigenvalue weighted by atomic mass is 32.1. The van der Waals surface area contributed by atoms with Crippen LogP contribution >= 0.6 is 11.3 Å². The molecule has 154 valence electrons. The Kier molecular flexibility index (Phi) is 7.24. The zero-order chi connectivity index (χ0) is 20.6. The van der Waals surface area contributed by atoms with E-state index in [9.17, 15) is 14.4 Å².